The number of carbonyl (C=O) groups excluding carboxylic acids is 2. The van der Waals surface area contributed by atoms with Gasteiger partial charge in [0.25, 0.3) is 0 Å². The van der Waals surface area contributed by atoms with Gasteiger partial charge < -0.3 is 10.6 Å². The Morgan fingerprint density at radius 3 is 2.65 bits per heavy atom. The van der Waals surface area contributed by atoms with Crippen molar-refractivity contribution in [1.82, 2.24) is 9.88 Å². The van der Waals surface area contributed by atoms with Crippen LogP contribution in [0, 0.1) is 19.8 Å². The van der Waals surface area contributed by atoms with Gasteiger partial charge in [-0.1, -0.05) is 13.0 Å². The predicted molar refractivity (Wildman–Crippen MR) is 75.8 cm³/mol. The molecule has 2 N–H and O–H groups in total. The Morgan fingerprint density at radius 1 is 1.35 bits per heavy atom. The van der Waals surface area contributed by atoms with Crippen LogP contribution < -0.4 is 5.73 Å². The van der Waals surface area contributed by atoms with Crippen LogP contribution in [0.2, 0.25) is 0 Å². The summed E-state index contributed by atoms with van der Waals surface area (Å²) in [5, 5.41) is 0. The molecule has 0 aliphatic carbocycles. The van der Waals surface area contributed by atoms with Crippen molar-refractivity contribution < 1.29 is 9.59 Å². The molecule has 2 unspecified atom stereocenters. The van der Waals surface area contributed by atoms with Crippen LogP contribution in [0.5, 0.6) is 0 Å². The highest BCUT2D eigenvalue weighted by Crippen LogP contribution is 2.33. The van der Waals surface area contributed by atoms with E-state index in [1.165, 1.54) is 0 Å². The Kier molecular flexibility index (Phi) is 4.06. The maximum atomic E-state index is 12.0. The lowest BCUT2D eigenvalue weighted by Crippen LogP contribution is -2.46. The van der Waals surface area contributed by atoms with E-state index in [0.29, 0.717) is 12.5 Å². The van der Waals surface area contributed by atoms with E-state index in [4.69, 9.17) is 5.73 Å². The molecule has 0 radical (unpaired) electrons. The Labute approximate surface area is 119 Å². The second-order valence-electron chi connectivity index (χ2n) is 5.69. The molecule has 20 heavy (non-hydrogen) atoms. The van der Waals surface area contributed by atoms with Gasteiger partial charge >= 0.3 is 11.8 Å². The molecule has 2 rings (SSSR count). The SMILES string of the molecule is Cc1cc(C2CCC(C)CN2C(=O)C(N)=O)cnc1C. The number of likely N-dealkylation sites (tertiary alicyclic amines) is 1. The van der Waals surface area contributed by atoms with Gasteiger partial charge in [-0.05, 0) is 43.7 Å². The molecule has 2 atom stereocenters. The smallest absolute Gasteiger partial charge is 0.312 e. The largest absolute Gasteiger partial charge is 0.361 e. The van der Waals surface area contributed by atoms with Gasteiger partial charge in [-0.25, -0.2) is 0 Å². The summed E-state index contributed by atoms with van der Waals surface area (Å²) >= 11 is 0. The lowest BCUT2D eigenvalue weighted by atomic mass is 9.90. The molecule has 1 fully saturated rings. The maximum Gasteiger partial charge on any atom is 0.312 e. The van der Waals surface area contributed by atoms with E-state index in [9.17, 15) is 9.59 Å². The summed E-state index contributed by atoms with van der Waals surface area (Å²) in [6, 6.07) is 1.95. The standard InChI is InChI=1S/C15H21N3O2/c1-9-4-5-13(18(8-9)15(20)14(16)19)12-6-10(2)11(3)17-7-12/h6-7,9,13H,4-5,8H2,1-3H3,(H2,16,19). The van der Waals surface area contributed by atoms with Crippen LogP contribution in [0.25, 0.3) is 0 Å². The molecule has 0 bridgehead atoms. The fourth-order valence-electron chi connectivity index (χ4n) is 2.71. The summed E-state index contributed by atoms with van der Waals surface area (Å²) in [6.45, 7) is 6.60. The maximum absolute atomic E-state index is 12.0. The van der Waals surface area contributed by atoms with Crippen molar-refractivity contribution in [3.63, 3.8) is 0 Å². The van der Waals surface area contributed by atoms with Gasteiger partial charge in [-0.2, -0.15) is 0 Å². The van der Waals surface area contributed by atoms with Gasteiger partial charge in [-0.3, -0.25) is 14.6 Å². The van der Waals surface area contributed by atoms with Gasteiger partial charge in [0.15, 0.2) is 0 Å². The van der Waals surface area contributed by atoms with Crippen LogP contribution in [0.4, 0.5) is 0 Å². The predicted octanol–water partition coefficient (Wildman–Crippen LogP) is 1.48. The summed E-state index contributed by atoms with van der Waals surface area (Å²) < 4.78 is 0. The quantitative estimate of drug-likeness (QED) is 0.789. The van der Waals surface area contributed by atoms with Crippen molar-refractivity contribution in [1.29, 1.82) is 0 Å². The number of hydrogen-bond donors (Lipinski definition) is 1. The molecule has 1 saturated heterocycles. The number of aryl methyl sites for hydroxylation is 2. The van der Waals surface area contributed by atoms with Crippen LogP contribution in [0.1, 0.15) is 42.6 Å². The molecule has 5 nitrogen and oxygen atoms in total. The highest BCUT2D eigenvalue weighted by Gasteiger charge is 2.33. The van der Waals surface area contributed by atoms with Gasteiger partial charge in [0.05, 0.1) is 6.04 Å². The molecule has 0 spiro atoms. The van der Waals surface area contributed by atoms with Crippen LogP contribution in [-0.2, 0) is 9.59 Å². The van der Waals surface area contributed by atoms with Crippen LogP contribution in [-0.4, -0.2) is 28.2 Å². The van der Waals surface area contributed by atoms with E-state index < -0.39 is 11.8 Å². The summed E-state index contributed by atoms with van der Waals surface area (Å²) in [4.78, 5) is 29.2. The molecule has 1 aromatic heterocycles. The average Bonchev–Trinajstić information content (AvgIpc) is 2.41. The van der Waals surface area contributed by atoms with Crippen molar-refractivity contribution >= 4 is 11.8 Å². The first kappa shape index (κ1) is 14.5. The van der Waals surface area contributed by atoms with Gasteiger partial charge in [0, 0.05) is 18.4 Å². The zero-order valence-electron chi connectivity index (χ0n) is 12.2. The third-order valence-corrected chi connectivity index (χ3v) is 4.04. The Bertz CT molecular complexity index is 542. The van der Waals surface area contributed by atoms with Crippen molar-refractivity contribution in [3.8, 4) is 0 Å². The summed E-state index contributed by atoms with van der Waals surface area (Å²) in [7, 11) is 0. The molecule has 0 aromatic carbocycles. The highest BCUT2D eigenvalue weighted by molar-refractivity contribution is 6.34. The van der Waals surface area contributed by atoms with E-state index in [-0.39, 0.29) is 6.04 Å². The number of piperidine rings is 1. The van der Waals surface area contributed by atoms with Crippen LogP contribution in [0.3, 0.4) is 0 Å². The van der Waals surface area contributed by atoms with Crippen molar-refractivity contribution in [3.05, 3.63) is 29.1 Å². The van der Waals surface area contributed by atoms with Gasteiger partial charge in [0.2, 0.25) is 0 Å². The first-order valence-electron chi connectivity index (χ1n) is 6.93. The molecular weight excluding hydrogens is 254 g/mol. The molecular formula is C15H21N3O2. The van der Waals surface area contributed by atoms with Crippen LogP contribution in [0.15, 0.2) is 12.3 Å². The molecule has 1 aliphatic rings. The van der Waals surface area contributed by atoms with Crippen molar-refractivity contribution in [2.24, 2.45) is 11.7 Å². The zero-order chi connectivity index (χ0) is 14.9. The Morgan fingerprint density at radius 2 is 2.05 bits per heavy atom. The van der Waals surface area contributed by atoms with E-state index in [0.717, 1.165) is 29.7 Å². The number of pyridine rings is 1. The minimum absolute atomic E-state index is 0.0991. The fourth-order valence-corrected chi connectivity index (χ4v) is 2.71. The number of carbonyl (C=O) groups is 2. The second kappa shape index (κ2) is 5.61. The molecule has 108 valence electrons. The Balaban J connectivity index is 2.33. The number of rotatable bonds is 1. The average molecular weight is 275 g/mol. The lowest BCUT2D eigenvalue weighted by molar-refractivity contribution is -0.147. The van der Waals surface area contributed by atoms with E-state index in [1.54, 1.807) is 11.1 Å². The molecule has 1 aromatic rings. The minimum Gasteiger partial charge on any atom is -0.361 e. The number of nitrogens with zero attached hydrogens (tertiary/aromatic N) is 2. The van der Waals surface area contributed by atoms with E-state index in [2.05, 4.69) is 11.9 Å². The van der Waals surface area contributed by atoms with Gasteiger partial charge in [-0.15, -0.1) is 0 Å². The highest BCUT2D eigenvalue weighted by atomic mass is 16.2. The topological polar surface area (TPSA) is 76.3 Å². The molecule has 2 amide bonds. The molecule has 1 aliphatic heterocycles. The first-order chi connectivity index (χ1) is 9.40. The lowest BCUT2D eigenvalue weighted by Gasteiger charge is -2.38. The molecule has 5 heteroatoms. The number of primary amides is 1. The number of nitrogens with two attached hydrogens (primary N) is 1. The van der Waals surface area contributed by atoms with E-state index >= 15 is 0 Å². The normalized spacial score (nSPS) is 22.6. The first-order valence-corrected chi connectivity index (χ1v) is 6.93. The minimum atomic E-state index is -0.888. The van der Waals surface area contributed by atoms with Crippen LogP contribution >= 0.6 is 0 Å². The van der Waals surface area contributed by atoms with Crippen molar-refractivity contribution in [2.75, 3.05) is 6.54 Å². The number of aromatic nitrogens is 1. The Hall–Kier alpha value is -1.91. The zero-order valence-corrected chi connectivity index (χ0v) is 12.2. The third kappa shape index (κ3) is 2.81. The summed E-state index contributed by atoms with van der Waals surface area (Å²) in [5.74, 6) is -1.10. The molecule has 0 saturated carbocycles. The van der Waals surface area contributed by atoms with Gasteiger partial charge in [0.1, 0.15) is 0 Å². The summed E-state index contributed by atoms with van der Waals surface area (Å²) in [6.07, 6.45) is 3.66. The number of hydrogen-bond acceptors (Lipinski definition) is 3. The second-order valence-corrected chi connectivity index (χ2v) is 5.69. The molecule has 2 heterocycles. The summed E-state index contributed by atoms with van der Waals surface area (Å²) in [5.41, 5.74) is 8.21. The monoisotopic (exact) mass is 275 g/mol. The van der Waals surface area contributed by atoms with E-state index in [1.807, 2.05) is 19.9 Å². The number of amides is 2. The fraction of sp³-hybridized carbons (Fsp3) is 0.533. The van der Waals surface area contributed by atoms with Crippen molar-refractivity contribution in [2.45, 2.75) is 39.7 Å². The third-order valence-electron chi connectivity index (χ3n) is 4.04.